The number of esters is 1. The van der Waals surface area contributed by atoms with Crippen LogP contribution in [0.5, 0.6) is 0 Å². The van der Waals surface area contributed by atoms with Crippen LogP contribution in [0.2, 0.25) is 0 Å². The zero-order valence-corrected chi connectivity index (χ0v) is 17.2. The summed E-state index contributed by atoms with van der Waals surface area (Å²) in [4.78, 5) is 24.8. The number of ketones is 1. The minimum absolute atomic E-state index is 0.119. The molecule has 0 aromatic carbocycles. The lowest BCUT2D eigenvalue weighted by Crippen LogP contribution is -2.67. The third kappa shape index (κ3) is 2.46. The SMILES string of the molecule is CC(=O)O[C@@H]1CC[C@@]2(C)[C@@H](CC(=O)[C@H](C)[C@@]23CC[C@@]2(C=COC2)O3)C1(C)C. The van der Waals surface area contributed by atoms with Crippen molar-refractivity contribution in [3.63, 3.8) is 0 Å². The zero-order chi connectivity index (χ0) is 19.7. The van der Waals surface area contributed by atoms with Crippen LogP contribution in [-0.2, 0) is 23.8 Å². The van der Waals surface area contributed by atoms with Gasteiger partial charge in [0.2, 0.25) is 0 Å². The van der Waals surface area contributed by atoms with Gasteiger partial charge in [-0.05, 0) is 37.7 Å². The Balaban J connectivity index is 1.75. The molecule has 4 rings (SSSR count). The lowest BCUT2D eigenvalue weighted by Gasteiger charge is -2.64. The number of rotatable bonds is 1. The molecule has 0 amide bonds. The average molecular weight is 376 g/mol. The van der Waals surface area contributed by atoms with Gasteiger partial charge in [-0.1, -0.05) is 27.7 Å². The van der Waals surface area contributed by atoms with Crippen LogP contribution in [0.3, 0.4) is 0 Å². The number of hydrogen-bond acceptors (Lipinski definition) is 5. The maximum Gasteiger partial charge on any atom is 0.302 e. The quantitative estimate of drug-likeness (QED) is 0.652. The van der Waals surface area contributed by atoms with Gasteiger partial charge in [0.1, 0.15) is 24.1 Å². The summed E-state index contributed by atoms with van der Waals surface area (Å²) in [6.45, 7) is 10.7. The van der Waals surface area contributed by atoms with Gasteiger partial charge in [-0.25, -0.2) is 0 Å². The summed E-state index contributed by atoms with van der Waals surface area (Å²) in [6.07, 6.45) is 7.61. The summed E-state index contributed by atoms with van der Waals surface area (Å²) < 4.78 is 18.0. The molecule has 2 saturated carbocycles. The number of ether oxygens (including phenoxy) is 3. The first-order valence-electron chi connectivity index (χ1n) is 10.3. The Hall–Kier alpha value is -1.36. The van der Waals surface area contributed by atoms with E-state index in [-0.39, 0.29) is 40.5 Å². The molecule has 0 radical (unpaired) electrons. The molecule has 2 aliphatic carbocycles. The molecule has 0 aromatic heterocycles. The predicted octanol–water partition coefficient (Wildman–Crippen LogP) is 3.80. The van der Waals surface area contributed by atoms with Crippen LogP contribution < -0.4 is 0 Å². The highest BCUT2D eigenvalue weighted by Crippen LogP contribution is 2.67. The van der Waals surface area contributed by atoms with Gasteiger partial charge < -0.3 is 14.2 Å². The van der Waals surface area contributed by atoms with Crippen LogP contribution in [0.1, 0.15) is 66.7 Å². The van der Waals surface area contributed by atoms with Crippen LogP contribution in [-0.4, -0.2) is 35.7 Å². The van der Waals surface area contributed by atoms with Crippen molar-refractivity contribution >= 4 is 11.8 Å². The monoisotopic (exact) mass is 376 g/mol. The first-order chi connectivity index (χ1) is 12.6. The minimum Gasteiger partial charge on any atom is -0.498 e. The van der Waals surface area contributed by atoms with E-state index in [1.54, 1.807) is 6.26 Å². The molecular formula is C22H32O5. The molecule has 5 nitrogen and oxygen atoms in total. The van der Waals surface area contributed by atoms with Crippen molar-refractivity contribution in [3.8, 4) is 0 Å². The molecule has 0 aromatic rings. The summed E-state index contributed by atoms with van der Waals surface area (Å²) in [6, 6.07) is 0. The fourth-order valence-corrected chi connectivity index (χ4v) is 6.76. The standard InChI is InChI=1S/C22H32O5/c1-14-16(24)12-17-19(3,4)18(26-15(2)23)6-7-20(17,5)22(14)9-8-21(27-22)10-11-25-13-21/h10-11,14,17-18H,6-9,12-13H2,1-5H3/t14-,17-,18+,20-,21-,22-/m0/s1. The summed E-state index contributed by atoms with van der Waals surface area (Å²) in [5, 5.41) is 0. The Morgan fingerprint density at radius 2 is 1.96 bits per heavy atom. The van der Waals surface area contributed by atoms with Crippen LogP contribution >= 0.6 is 0 Å². The molecule has 2 spiro atoms. The maximum atomic E-state index is 13.1. The Morgan fingerprint density at radius 3 is 2.59 bits per heavy atom. The first kappa shape index (κ1) is 19.0. The summed E-state index contributed by atoms with van der Waals surface area (Å²) in [5.74, 6) is 0.0154. The topological polar surface area (TPSA) is 61.8 Å². The van der Waals surface area contributed by atoms with Crippen LogP contribution in [0.4, 0.5) is 0 Å². The molecule has 4 aliphatic rings. The van der Waals surface area contributed by atoms with E-state index in [0.29, 0.717) is 13.0 Å². The second-order valence-corrected chi connectivity index (χ2v) is 9.99. The van der Waals surface area contributed by atoms with E-state index in [1.165, 1.54) is 6.92 Å². The maximum absolute atomic E-state index is 13.1. The molecule has 0 N–H and O–H groups in total. The fraction of sp³-hybridized carbons (Fsp3) is 0.818. The Bertz CT molecular complexity index is 697. The van der Waals surface area contributed by atoms with Crippen molar-refractivity contribution in [2.24, 2.45) is 22.7 Å². The van der Waals surface area contributed by atoms with Crippen molar-refractivity contribution in [1.29, 1.82) is 0 Å². The van der Waals surface area contributed by atoms with E-state index in [2.05, 4.69) is 20.8 Å². The van der Waals surface area contributed by atoms with Crippen LogP contribution in [0.15, 0.2) is 12.3 Å². The second kappa shape index (κ2) is 5.82. The predicted molar refractivity (Wildman–Crippen MR) is 99.8 cm³/mol. The third-order valence-electron chi connectivity index (χ3n) is 8.39. The molecule has 5 heteroatoms. The molecule has 2 aliphatic heterocycles. The summed E-state index contributed by atoms with van der Waals surface area (Å²) in [7, 11) is 0. The van der Waals surface area contributed by atoms with Crippen molar-refractivity contribution < 1.29 is 23.8 Å². The highest BCUT2D eigenvalue weighted by Gasteiger charge is 2.70. The van der Waals surface area contributed by atoms with Gasteiger partial charge in [-0.15, -0.1) is 0 Å². The van der Waals surface area contributed by atoms with Gasteiger partial charge in [0.25, 0.3) is 0 Å². The summed E-state index contributed by atoms with van der Waals surface area (Å²) in [5.41, 5.74) is -1.29. The molecule has 3 fully saturated rings. The number of carbonyl (C=O) groups excluding carboxylic acids is 2. The molecule has 0 bridgehead atoms. The largest absolute Gasteiger partial charge is 0.498 e. The fourth-order valence-electron chi connectivity index (χ4n) is 6.76. The number of fused-ring (bicyclic) bond motifs is 2. The highest BCUT2D eigenvalue weighted by molar-refractivity contribution is 5.84. The Kier molecular flexibility index (Phi) is 4.09. The molecular weight excluding hydrogens is 344 g/mol. The molecule has 27 heavy (non-hydrogen) atoms. The van der Waals surface area contributed by atoms with Crippen molar-refractivity contribution in [1.82, 2.24) is 0 Å². The molecule has 150 valence electrons. The van der Waals surface area contributed by atoms with E-state index in [4.69, 9.17) is 14.2 Å². The van der Waals surface area contributed by atoms with Gasteiger partial charge in [-0.3, -0.25) is 9.59 Å². The lowest BCUT2D eigenvalue weighted by atomic mass is 9.43. The smallest absolute Gasteiger partial charge is 0.302 e. The second-order valence-electron chi connectivity index (χ2n) is 9.99. The first-order valence-corrected chi connectivity index (χ1v) is 10.3. The van der Waals surface area contributed by atoms with Crippen molar-refractivity contribution in [2.75, 3.05) is 6.61 Å². The van der Waals surface area contributed by atoms with Gasteiger partial charge in [-0.2, -0.15) is 0 Å². The number of hydrogen-bond donors (Lipinski definition) is 0. The third-order valence-corrected chi connectivity index (χ3v) is 8.39. The summed E-state index contributed by atoms with van der Waals surface area (Å²) >= 11 is 0. The van der Waals surface area contributed by atoms with E-state index >= 15 is 0 Å². The van der Waals surface area contributed by atoms with E-state index in [9.17, 15) is 9.59 Å². The zero-order valence-electron chi connectivity index (χ0n) is 17.2. The van der Waals surface area contributed by atoms with E-state index in [0.717, 1.165) is 25.7 Å². The average Bonchev–Trinajstić information content (AvgIpc) is 3.21. The molecule has 6 atom stereocenters. The van der Waals surface area contributed by atoms with E-state index in [1.807, 2.05) is 13.0 Å². The Morgan fingerprint density at radius 1 is 1.22 bits per heavy atom. The van der Waals surface area contributed by atoms with Gasteiger partial charge in [0.05, 0.1) is 11.9 Å². The van der Waals surface area contributed by atoms with E-state index < -0.39 is 11.2 Å². The van der Waals surface area contributed by atoms with Gasteiger partial charge in [0, 0.05) is 30.1 Å². The Labute approximate surface area is 161 Å². The minimum atomic E-state index is -0.483. The van der Waals surface area contributed by atoms with Gasteiger partial charge >= 0.3 is 5.97 Å². The number of Topliss-reactive ketones (excluding diaryl/α,β-unsaturated/α-hetero) is 1. The van der Waals surface area contributed by atoms with Crippen LogP contribution in [0, 0.1) is 22.7 Å². The molecule has 1 saturated heterocycles. The van der Waals surface area contributed by atoms with Crippen molar-refractivity contribution in [3.05, 3.63) is 12.3 Å². The molecule has 2 heterocycles. The lowest BCUT2D eigenvalue weighted by molar-refractivity contribution is -0.249. The highest BCUT2D eigenvalue weighted by atomic mass is 16.6. The molecule has 0 unspecified atom stereocenters. The normalized spacial score (nSPS) is 47.9. The van der Waals surface area contributed by atoms with Crippen LogP contribution in [0.25, 0.3) is 0 Å². The van der Waals surface area contributed by atoms with Gasteiger partial charge in [0.15, 0.2) is 0 Å². The number of carbonyl (C=O) groups is 2. The van der Waals surface area contributed by atoms with Crippen molar-refractivity contribution in [2.45, 2.75) is 84.0 Å².